The van der Waals surface area contributed by atoms with Crippen LogP contribution in [-0.2, 0) is 4.79 Å². The van der Waals surface area contributed by atoms with Gasteiger partial charge in [-0.15, -0.1) is 0 Å². The van der Waals surface area contributed by atoms with Crippen molar-refractivity contribution in [1.82, 2.24) is 4.98 Å². The highest BCUT2D eigenvalue weighted by atomic mass is 35.5. The second kappa shape index (κ2) is 5.82. The fourth-order valence-corrected chi connectivity index (χ4v) is 1.76. The summed E-state index contributed by atoms with van der Waals surface area (Å²) < 4.78 is 0. The van der Waals surface area contributed by atoms with Crippen molar-refractivity contribution in [3.63, 3.8) is 0 Å². The monoisotopic (exact) mass is 275 g/mol. The van der Waals surface area contributed by atoms with Gasteiger partial charge >= 0.3 is 0 Å². The molecule has 1 heterocycles. The molecule has 5 heteroatoms. The summed E-state index contributed by atoms with van der Waals surface area (Å²) in [7, 11) is 0. The third-order valence-electron chi connectivity index (χ3n) is 2.74. The molecule has 1 amide bonds. The van der Waals surface area contributed by atoms with Crippen LogP contribution >= 0.6 is 11.6 Å². The van der Waals surface area contributed by atoms with Gasteiger partial charge in [0.2, 0.25) is 5.91 Å². The van der Waals surface area contributed by atoms with E-state index in [-0.39, 0.29) is 5.91 Å². The van der Waals surface area contributed by atoms with Crippen LogP contribution in [0.5, 0.6) is 0 Å². The number of nitrogens with zero attached hydrogens (tertiary/aromatic N) is 1. The predicted molar refractivity (Wildman–Crippen MR) is 76.0 cm³/mol. The third-order valence-corrected chi connectivity index (χ3v) is 3.07. The Bertz CT molecular complexity index is 583. The summed E-state index contributed by atoms with van der Waals surface area (Å²) >= 11 is 5.94. The Balaban J connectivity index is 2.12. The highest BCUT2D eigenvalue weighted by molar-refractivity contribution is 6.33. The number of hydrogen-bond acceptors (Lipinski definition) is 3. The maximum absolute atomic E-state index is 12.0. The quantitative estimate of drug-likeness (QED) is 0.905. The van der Waals surface area contributed by atoms with E-state index in [0.29, 0.717) is 10.7 Å². The highest BCUT2D eigenvalue weighted by Gasteiger charge is 2.16. The van der Waals surface area contributed by atoms with Crippen molar-refractivity contribution in [2.45, 2.75) is 13.0 Å². The lowest BCUT2D eigenvalue weighted by molar-refractivity contribution is -0.117. The summed E-state index contributed by atoms with van der Waals surface area (Å²) in [5, 5.41) is 3.09. The second-order valence-corrected chi connectivity index (χ2v) is 4.64. The zero-order valence-corrected chi connectivity index (χ0v) is 11.2. The minimum absolute atomic E-state index is 0.321. The first kappa shape index (κ1) is 13.5. The van der Waals surface area contributed by atoms with Gasteiger partial charge in [-0.25, -0.2) is 0 Å². The number of rotatable bonds is 3. The van der Waals surface area contributed by atoms with E-state index in [1.165, 1.54) is 6.20 Å². The third kappa shape index (κ3) is 3.30. The number of halogens is 1. The normalized spacial score (nSPS) is 11.9. The van der Waals surface area contributed by atoms with E-state index in [2.05, 4.69) is 10.3 Å². The molecule has 1 atom stereocenters. The molecule has 0 saturated carbocycles. The SMILES string of the molecule is Cc1ccc(C(N)C(=O)Nc2cnccc2Cl)cc1. The summed E-state index contributed by atoms with van der Waals surface area (Å²) in [5.41, 5.74) is 8.24. The molecule has 0 fully saturated rings. The van der Waals surface area contributed by atoms with Gasteiger partial charge in [0, 0.05) is 6.20 Å². The maximum Gasteiger partial charge on any atom is 0.245 e. The molecule has 0 bridgehead atoms. The number of nitrogens with two attached hydrogens (primary N) is 1. The van der Waals surface area contributed by atoms with Crippen molar-refractivity contribution in [1.29, 1.82) is 0 Å². The number of benzene rings is 1. The average molecular weight is 276 g/mol. The van der Waals surface area contributed by atoms with Crippen LogP contribution < -0.4 is 11.1 Å². The van der Waals surface area contributed by atoms with Crippen LogP contribution in [0.4, 0.5) is 5.69 Å². The van der Waals surface area contributed by atoms with Gasteiger partial charge in [-0.3, -0.25) is 9.78 Å². The fourth-order valence-electron chi connectivity index (χ4n) is 1.61. The summed E-state index contributed by atoms with van der Waals surface area (Å²) in [6.45, 7) is 1.98. The van der Waals surface area contributed by atoms with E-state index in [9.17, 15) is 4.79 Å². The Kier molecular flexibility index (Phi) is 4.14. The lowest BCUT2D eigenvalue weighted by Gasteiger charge is -2.13. The van der Waals surface area contributed by atoms with Gasteiger partial charge in [-0.05, 0) is 18.6 Å². The molecule has 4 nitrogen and oxygen atoms in total. The van der Waals surface area contributed by atoms with Gasteiger partial charge in [-0.1, -0.05) is 41.4 Å². The largest absolute Gasteiger partial charge is 0.322 e. The molecular weight excluding hydrogens is 262 g/mol. The molecule has 2 aromatic rings. The molecule has 1 aromatic heterocycles. The molecule has 0 aliphatic rings. The van der Waals surface area contributed by atoms with Crippen LogP contribution in [0.1, 0.15) is 17.2 Å². The molecule has 98 valence electrons. The molecule has 1 aromatic carbocycles. The highest BCUT2D eigenvalue weighted by Crippen LogP contribution is 2.21. The molecule has 0 aliphatic heterocycles. The predicted octanol–water partition coefficient (Wildman–Crippen LogP) is 2.68. The fraction of sp³-hybridized carbons (Fsp3) is 0.143. The van der Waals surface area contributed by atoms with E-state index < -0.39 is 6.04 Å². The van der Waals surface area contributed by atoms with Gasteiger partial charge in [0.1, 0.15) is 6.04 Å². The molecular formula is C14H14ClN3O. The maximum atomic E-state index is 12.0. The lowest BCUT2D eigenvalue weighted by atomic mass is 10.1. The van der Waals surface area contributed by atoms with E-state index in [0.717, 1.165) is 11.1 Å². The number of aromatic nitrogens is 1. The van der Waals surface area contributed by atoms with Crippen molar-refractivity contribution in [3.05, 3.63) is 58.9 Å². The van der Waals surface area contributed by atoms with Crippen LogP contribution in [0.2, 0.25) is 5.02 Å². The zero-order chi connectivity index (χ0) is 13.8. The summed E-state index contributed by atoms with van der Waals surface area (Å²) in [5.74, 6) is -0.321. The number of anilines is 1. The minimum atomic E-state index is -0.739. The smallest absolute Gasteiger partial charge is 0.245 e. The molecule has 0 saturated heterocycles. The summed E-state index contributed by atoms with van der Waals surface area (Å²) in [6.07, 6.45) is 3.04. The number of nitrogens with one attached hydrogen (secondary N) is 1. The number of aryl methyl sites for hydroxylation is 1. The second-order valence-electron chi connectivity index (χ2n) is 4.23. The topological polar surface area (TPSA) is 68.0 Å². The molecule has 0 aliphatic carbocycles. The van der Waals surface area contributed by atoms with Crippen molar-refractivity contribution < 1.29 is 4.79 Å². The first-order valence-corrected chi connectivity index (χ1v) is 6.18. The van der Waals surface area contributed by atoms with Crippen LogP contribution in [0.3, 0.4) is 0 Å². The number of carbonyl (C=O) groups excluding carboxylic acids is 1. The van der Waals surface area contributed by atoms with E-state index >= 15 is 0 Å². The van der Waals surface area contributed by atoms with Crippen LogP contribution in [-0.4, -0.2) is 10.9 Å². The molecule has 3 N–H and O–H groups in total. The van der Waals surface area contributed by atoms with Gasteiger partial charge < -0.3 is 11.1 Å². The van der Waals surface area contributed by atoms with Gasteiger partial charge in [0.25, 0.3) is 0 Å². The van der Waals surface area contributed by atoms with Crippen molar-refractivity contribution >= 4 is 23.2 Å². The number of hydrogen-bond donors (Lipinski definition) is 2. The van der Waals surface area contributed by atoms with Gasteiger partial charge in [0.05, 0.1) is 16.9 Å². The molecule has 1 unspecified atom stereocenters. The standard InChI is InChI=1S/C14H14ClN3O/c1-9-2-4-10(5-3-9)13(16)14(19)18-12-8-17-7-6-11(12)15/h2-8,13H,16H2,1H3,(H,18,19). The first-order valence-electron chi connectivity index (χ1n) is 5.80. The Morgan fingerprint density at radius 3 is 2.63 bits per heavy atom. The van der Waals surface area contributed by atoms with E-state index in [1.807, 2.05) is 31.2 Å². The van der Waals surface area contributed by atoms with Gasteiger partial charge in [0.15, 0.2) is 0 Å². The Hall–Kier alpha value is -1.91. The Morgan fingerprint density at radius 2 is 2.00 bits per heavy atom. The summed E-state index contributed by atoms with van der Waals surface area (Å²) in [6, 6.07) is 8.37. The van der Waals surface area contributed by atoms with Crippen molar-refractivity contribution in [2.75, 3.05) is 5.32 Å². The minimum Gasteiger partial charge on any atom is -0.322 e. The lowest BCUT2D eigenvalue weighted by Crippen LogP contribution is -2.27. The Labute approximate surface area is 116 Å². The van der Waals surface area contributed by atoms with Gasteiger partial charge in [-0.2, -0.15) is 0 Å². The molecule has 0 spiro atoms. The van der Waals surface area contributed by atoms with Crippen molar-refractivity contribution in [3.8, 4) is 0 Å². The van der Waals surface area contributed by atoms with Crippen LogP contribution in [0.15, 0.2) is 42.7 Å². The van der Waals surface area contributed by atoms with Crippen LogP contribution in [0.25, 0.3) is 0 Å². The molecule has 19 heavy (non-hydrogen) atoms. The number of carbonyl (C=O) groups is 1. The molecule has 2 rings (SSSR count). The number of amides is 1. The number of pyridine rings is 1. The Morgan fingerprint density at radius 1 is 1.32 bits per heavy atom. The first-order chi connectivity index (χ1) is 9.08. The van der Waals surface area contributed by atoms with Crippen LogP contribution in [0, 0.1) is 6.92 Å². The average Bonchev–Trinajstić information content (AvgIpc) is 2.41. The summed E-state index contributed by atoms with van der Waals surface area (Å²) in [4.78, 5) is 15.9. The molecule has 0 radical (unpaired) electrons. The van der Waals surface area contributed by atoms with E-state index in [4.69, 9.17) is 17.3 Å². The van der Waals surface area contributed by atoms with E-state index in [1.54, 1.807) is 12.3 Å². The van der Waals surface area contributed by atoms with Crippen molar-refractivity contribution in [2.24, 2.45) is 5.73 Å². The zero-order valence-electron chi connectivity index (χ0n) is 10.4.